The number of amides is 1. The molecule has 0 radical (unpaired) electrons. The predicted molar refractivity (Wildman–Crippen MR) is 82.4 cm³/mol. The molecule has 0 saturated heterocycles. The number of carbonyl (C=O) groups is 1. The van der Waals surface area contributed by atoms with Crippen LogP contribution in [0.3, 0.4) is 0 Å². The molecule has 0 fully saturated rings. The monoisotopic (exact) mass is 304 g/mol. The Morgan fingerprint density at radius 1 is 1.29 bits per heavy atom. The van der Waals surface area contributed by atoms with Crippen LogP contribution in [0.2, 0.25) is 5.02 Å². The molecule has 3 rings (SSSR count). The second kappa shape index (κ2) is 5.74. The summed E-state index contributed by atoms with van der Waals surface area (Å²) in [6, 6.07) is 12.0. The topological polar surface area (TPSA) is 32.3 Å². The Hall–Kier alpha value is -2.07. The van der Waals surface area contributed by atoms with Gasteiger partial charge in [0, 0.05) is 12.2 Å². The molecule has 0 bridgehead atoms. The Kier molecular flexibility index (Phi) is 3.80. The molecule has 0 saturated carbocycles. The maximum Gasteiger partial charge on any atom is 0.243 e. The van der Waals surface area contributed by atoms with Gasteiger partial charge < -0.3 is 10.2 Å². The first-order valence-corrected chi connectivity index (χ1v) is 7.09. The third kappa shape index (κ3) is 3.00. The average molecular weight is 305 g/mol. The van der Waals surface area contributed by atoms with Crippen LogP contribution in [-0.4, -0.2) is 19.0 Å². The van der Waals surface area contributed by atoms with Crippen LogP contribution >= 0.6 is 11.6 Å². The number of carbonyl (C=O) groups excluding carboxylic acids is 1. The minimum Gasteiger partial charge on any atom is -0.362 e. The van der Waals surface area contributed by atoms with Crippen molar-refractivity contribution in [1.29, 1.82) is 0 Å². The highest BCUT2D eigenvalue weighted by molar-refractivity contribution is 6.33. The second-order valence-corrected chi connectivity index (χ2v) is 5.38. The summed E-state index contributed by atoms with van der Waals surface area (Å²) < 4.78 is 13.0. The van der Waals surface area contributed by atoms with Crippen molar-refractivity contribution in [3.05, 3.63) is 58.9 Å². The molecule has 2 aromatic carbocycles. The minimum atomic E-state index is -0.425. The van der Waals surface area contributed by atoms with Crippen molar-refractivity contribution in [3.63, 3.8) is 0 Å². The lowest BCUT2D eigenvalue weighted by Gasteiger charge is -2.19. The van der Waals surface area contributed by atoms with Crippen molar-refractivity contribution in [3.8, 4) is 0 Å². The zero-order valence-corrected chi connectivity index (χ0v) is 12.0. The molecule has 0 aliphatic carbocycles. The van der Waals surface area contributed by atoms with E-state index in [1.165, 1.54) is 23.8 Å². The lowest BCUT2D eigenvalue weighted by Crippen LogP contribution is -2.31. The molecule has 0 aromatic heterocycles. The van der Waals surface area contributed by atoms with Crippen molar-refractivity contribution >= 4 is 28.9 Å². The molecule has 3 nitrogen and oxygen atoms in total. The number of fused-ring (bicyclic) bond motifs is 1. The lowest BCUT2D eigenvalue weighted by atomic mass is 10.2. The van der Waals surface area contributed by atoms with Gasteiger partial charge in [0.25, 0.3) is 0 Å². The van der Waals surface area contributed by atoms with Gasteiger partial charge in [-0.05, 0) is 36.2 Å². The molecule has 1 amide bonds. The molecule has 5 heteroatoms. The number of benzene rings is 2. The van der Waals surface area contributed by atoms with E-state index in [0.717, 1.165) is 18.7 Å². The van der Waals surface area contributed by atoms with Crippen LogP contribution in [0, 0.1) is 5.82 Å². The third-order valence-electron chi connectivity index (χ3n) is 3.52. The number of halogens is 2. The Labute approximate surface area is 127 Å². The number of nitrogens with one attached hydrogen (secondary N) is 1. The van der Waals surface area contributed by atoms with Gasteiger partial charge in [0.15, 0.2) is 0 Å². The fourth-order valence-corrected chi connectivity index (χ4v) is 2.74. The van der Waals surface area contributed by atoms with Crippen LogP contribution in [0.5, 0.6) is 0 Å². The third-order valence-corrected chi connectivity index (χ3v) is 3.84. The summed E-state index contributed by atoms with van der Waals surface area (Å²) in [5, 5.41) is 2.92. The summed E-state index contributed by atoms with van der Waals surface area (Å²) in [6.07, 6.45) is 0.945. The van der Waals surface area contributed by atoms with Crippen LogP contribution in [0.25, 0.3) is 0 Å². The van der Waals surface area contributed by atoms with Gasteiger partial charge in [-0.15, -0.1) is 0 Å². The number of rotatable bonds is 3. The van der Waals surface area contributed by atoms with Crippen molar-refractivity contribution in [2.45, 2.75) is 6.42 Å². The number of hydrogen-bond donors (Lipinski definition) is 1. The van der Waals surface area contributed by atoms with E-state index in [4.69, 9.17) is 11.6 Å². The normalized spacial score (nSPS) is 13.1. The van der Waals surface area contributed by atoms with Crippen molar-refractivity contribution in [2.24, 2.45) is 0 Å². The van der Waals surface area contributed by atoms with E-state index in [2.05, 4.69) is 11.4 Å². The van der Waals surface area contributed by atoms with Crippen molar-refractivity contribution in [2.75, 3.05) is 23.3 Å². The van der Waals surface area contributed by atoms with E-state index in [9.17, 15) is 9.18 Å². The largest absolute Gasteiger partial charge is 0.362 e. The molecule has 1 N–H and O–H groups in total. The molecule has 1 aliphatic heterocycles. The molecule has 2 aromatic rings. The summed E-state index contributed by atoms with van der Waals surface area (Å²) in [4.78, 5) is 14.1. The van der Waals surface area contributed by atoms with Crippen LogP contribution < -0.4 is 10.2 Å². The fourth-order valence-electron chi connectivity index (χ4n) is 2.52. The van der Waals surface area contributed by atoms with Gasteiger partial charge in [0.05, 0.1) is 17.3 Å². The zero-order chi connectivity index (χ0) is 14.8. The highest BCUT2D eigenvalue weighted by Crippen LogP contribution is 2.27. The summed E-state index contributed by atoms with van der Waals surface area (Å²) >= 11 is 5.90. The maximum absolute atomic E-state index is 13.0. The van der Waals surface area contributed by atoms with Gasteiger partial charge in [0.1, 0.15) is 5.82 Å². The summed E-state index contributed by atoms with van der Waals surface area (Å²) in [7, 11) is 0. The van der Waals surface area contributed by atoms with Gasteiger partial charge in [0.2, 0.25) is 5.91 Å². The zero-order valence-electron chi connectivity index (χ0n) is 11.3. The van der Waals surface area contributed by atoms with E-state index in [1.54, 1.807) is 0 Å². The molecular weight excluding hydrogens is 291 g/mol. The summed E-state index contributed by atoms with van der Waals surface area (Å²) in [6.45, 7) is 1.08. The number of nitrogens with zero attached hydrogens (tertiary/aromatic N) is 1. The van der Waals surface area contributed by atoms with E-state index >= 15 is 0 Å². The molecule has 21 heavy (non-hydrogen) atoms. The quantitative estimate of drug-likeness (QED) is 0.941. The Bertz CT molecular complexity index is 690. The minimum absolute atomic E-state index is 0.166. The molecule has 108 valence electrons. The van der Waals surface area contributed by atoms with Crippen LogP contribution in [0.1, 0.15) is 5.56 Å². The molecule has 1 heterocycles. The van der Waals surface area contributed by atoms with Gasteiger partial charge in [-0.2, -0.15) is 0 Å². The first-order valence-electron chi connectivity index (χ1n) is 6.71. The number of anilines is 2. The van der Waals surface area contributed by atoms with Gasteiger partial charge in [-0.3, -0.25) is 4.79 Å². The van der Waals surface area contributed by atoms with Gasteiger partial charge in [-0.25, -0.2) is 4.39 Å². The molecule has 0 atom stereocenters. The van der Waals surface area contributed by atoms with Crippen molar-refractivity contribution in [1.82, 2.24) is 0 Å². The summed E-state index contributed by atoms with van der Waals surface area (Å²) in [5.74, 6) is -0.591. The molecular formula is C16H14ClFN2O. The van der Waals surface area contributed by atoms with Crippen LogP contribution in [-0.2, 0) is 11.2 Å². The predicted octanol–water partition coefficient (Wildman–Crippen LogP) is 3.48. The molecule has 0 unspecified atom stereocenters. The highest BCUT2D eigenvalue weighted by atomic mass is 35.5. The lowest BCUT2D eigenvalue weighted by molar-refractivity contribution is -0.115. The smallest absolute Gasteiger partial charge is 0.243 e. The second-order valence-electron chi connectivity index (χ2n) is 4.97. The van der Waals surface area contributed by atoms with Crippen molar-refractivity contribution < 1.29 is 9.18 Å². The van der Waals surface area contributed by atoms with E-state index in [0.29, 0.717) is 5.69 Å². The number of para-hydroxylation sites is 1. The van der Waals surface area contributed by atoms with E-state index in [1.807, 2.05) is 23.1 Å². The average Bonchev–Trinajstić information content (AvgIpc) is 2.85. The first-order chi connectivity index (χ1) is 10.1. The molecule has 0 spiro atoms. The van der Waals surface area contributed by atoms with Crippen LogP contribution in [0.15, 0.2) is 42.5 Å². The Morgan fingerprint density at radius 2 is 2.10 bits per heavy atom. The standard InChI is InChI=1S/C16H14ClFN2O/c17-13-9-12(18)5-6-14(13)19-16(21)10-20-8-7-11-3-1-2-4-15(11)20/h1-6,9H,7-8,10H2,(H,19,21). The SMILES string of the molecule is O=C(CN1CCc2ccccc21)Nc1ccc(F)cc1Cl. The van der Waals surface area contributed by atoms with Crippen LogP contribution in [0.4, 0.5) is 15.8 Å². The molecule has 1 aliphatic rings. The Morgan fingerprint density at radius 3 is 2.90 bits per heavy atom. The Balaban J connectivity index is 1.68. The maximum atomic E-state index is 13.0. The van der Waals surface area contributed by atoms with E-state index in [-0.39, 0.29) is 17.5 Å². The fraction of sp³-hybridized carbons (Fsp3) is 0.188. The summed E-state index contributed by atoms with van der Waals surface area (Å²) in [5.41, 5.74) is 2.78. The first kappa shape index (κ1) is 13.9. The number of hydrogen-bond acceptors (Lipinski definition) is 2. The van der Waals surface area contributed by atoms with Gasteiger partial charge >= 0.3 is 0 Å². The van der Waals surface area contributed by atoms with E-state index < -0.39 is 5.82 Å². The highest BCUT2D eigenvalue weighted by Gasteiger charge is 2.20. The van der Waals surface area contributed by atoms with Gasteiger partial charge in [-0.1, -0.05) is 29.8 Å².